The smallest absolute Gasteiger partial charge is 0.248 e. The third-order valence-corrected chi connectivity index (χ3v) is 4.01. The maximum absolute atomic E-state index is 11.8. The predicted octanol–water partition coefficient (Wildman–Crippen LogP) is 0.625. The number of nitrogens with zero attached hydrogens (tertiary/aromatic N) is 4. The molecule has 0 aliphatic carbocycles. The molecule has 0 aliphatic rings. The number of rotatable bonds is 6. The number of aromatic nitrogens is 2. The Bertz CT molecular complexity index is 534. The largest absolute Gasteiger partial charge is 0.273 e. The molecule has 112 valence electrons. The quantitative estimate of drug-likeness (QED) is 0.597. The molecular weight excluding hydrogens is 312 g/mol. The van der Waals surface area contributed by atoms with Crippen LogP contribution in [-0.4, -0.2) is 35.9 Å². The van der Waals surface area contributed by atoms with Gasteiger partial charge in [0, 0.05) is 37.2 Å². The average molecular weight is 326 g/mol. The molecule has 0 saturated carbocycles. The van der Waals surface area contributed by atoms with Crippen molar-refractivity contribution in [3.63, 3.8) is 0 Å². The van der Waals surface area contributed by atoms with Gasteiger partial charge in [-0.3, -0.25) is 30.5 Å². The minimum Gasteiger partial charge on any atom is -0.273 e. The van der Waals surface area contributed by atoms with Crippen molar-refractivity contribution in [3.05, 3.63) is 23.2 Å². The molecule has 0 fully saturated rings. The van der Waals surface area contributed by atoms with Crippen molar-refractivity contribution in [1.82, 2.24) is 20.8 Å². The summed E-state index contributed by atoms with van der Waals surface area (Å²) in [4.78, 5) is 31.6. The molecule has 2 N–H and O–H groups in total. The molecule has 2 rings (SSSR count). The molecule has 21 heavy (non-hydrogen) atoms. The second kappa shape index (κ2) is 6.99. The van der Waals surface area contributed by atoms with E-state index < -0.39 is 11.8 Å². The van der Waals surface area contributed by atoms with E-state index in [-0.39, 0.29) is 6.42 Å². The Kier molecular flexibility index (Phi) is 5.06. The average Bonchev–Trinajstić information content (AvgIpc) is 3.12. The van der Waals surface area contributed by atoms with Crippen molar-refractivity contribution >= 4 is 44.8 Å². The maximum atomic E-state index is 11.8. The summed E-state index contributed by atoms with van der Waals surface area (Å²) in [5.41, 5.74) is 5.14. The highest BCUT2D eigenvalue weighted by atomic mass is 32.1. The number of hydrogen-bond acceptors (Lipinski definition) is 8. The van der Waals surface area contributed by atoms with Gasteiger partial charge < -0.3 is 0 Å². The van der Waals surface area contributed by atoms with Gasteiger partial charge >= 0.3 is 0 Å². The Morgan fingerprint density at radius 3 is 1.76 bits per heavy atom. The molecule has 2 aromatic rings. The Morgan fingerprint density at radius 1 is 1.00 bits per heavy atom. The molecule has 0 saturated heterocycles. The molecule has 0 atom stereocenters. The van der Waals surface area contributed by atoms with E-state index in [4.69, 9.17) is 0 Å². The van der Waals surface area contributed by atoms with Crippen molar-refractivity contribution in [2.45, 2.75) is 6.42 Å². The minimum absolute atomic E-state index is 0.286. The second-order valence-corrected chi connectivity index (χ2v) is 5.74. The van der Waals surface area contributed by atoms with Crippen LogP contribution in [0.2, 0.25) is 0 Å². The van der Waals surface area contributed by atoms with E-state index in [1.807, 2.05) is 0 Å². The standard InChI is InChI=1S/C11H14N6O2S2/c1-16(10-12-3-5-20-10)14-8(18)7-9(19)15-17(2)11-13-4-6-21-11/h3-6H,7H2,1-2H3,(H,14,18)(H,15,19). The number of anilines is 2. The minimum atomic E-state index is -0.419. The van der Waals surface area contributed by atoms with E-state index in [9.17, 15) is 9.59 Å². The molecule has 2 aromatic heterocycles. The lowest BCUT2D eigenvalue weighted by Crippen LogP contribution is -2.45. The Hall–Kier alpha value is -2.20. The van der Waals surface area contributed by atoms with Crippen molar-refractivity contribution in [2.75, 3.05) is 24.1 Å². The molecule has 0 aliphatic heterocycles. The van der Waals surface area contributed by atoms with E-state index in [0.717, 1.165) is 0 Å². The maximum Gasteiger partial charge on any atom is 0.248 e. The lowest BCUT2D eigenvalue weighted by Gasteiger charge is -2.19. The first-order valence-corrected chi connectivity index (χ1v) is 7.67. The van der Waals surface area contributed by atoms with E-state index >= 15 is 0 Å². The van der Waals surface area contributed by atoms with Gasteiger partial charge in [0.1, 0.15) is 6.42 Å². The van der Waals surface area contributed by atoms with Crippen LogP contribution in [0.3, 0.4) is 0 Å². The summed E-state index contributed by atoms with van der Waals surface area (Å²) in [7, 11) is 3.33. The molecule has 0 radical (unpaired) electrons. The SMILES string of the molecule is CN(NC(=O)CC(=O)NN(C)c1nccs1)c1nccs1. The van der Waals surface area contributed by atoms with Crippen LogP contribution in [0.1, 0.15) is 6.42 Å². The molecule has 0 unspecified atom stereocenters. The Labute approximate surface area is 129 Å². The van der Waals surface area contributed by atoms with Crippen molar-refractivity contribution in [1.29, 1.82) is 0 Å². The Morgan fingerprint density at radius 2 is 1.43 bits per heavy atom. The van der Waals surface area contributed by atoms with Gasteiger partial charge in [0.15, 0.2) is 0 Å². The highest BCUT2D eigenvalue weighted by Gasteiger charge is 2.14. The lowest BCUT2D eigenvalue weighted by molar-refractivity contribution is -0.129. The highest BCUT2D eigenvalue weighted by molar-refractivity contribution is 7.13. The number of amides is 2. The van der Waals surface area contributed by atoms with Crippen LogP contribution in [-0.2, 0) is 9.59 Å². The van der Waals surface area contributed by atoms with E-state index in [1.54, 1.807) is 37.2 Å². The van der Waals surface area contributed by atoms with Gasteiger partial charge in [-0.2, -0.15) is 0 Å². The zero-order valence-electron chi connectivity index (χ0n) is 11.4. The fraction of sp³-hybridized carbons (Fsp3) is 0.273. The van der Waals surface area contributed by atoms with Gasteiger partial charge in [-0.25, -0.2) is 9.97 Å². The molecule has 0 spiro atoms. The summed E-state index contributed by atoms with van der Waals surface area (Å²) < 4.78 is 0. The lowest BCUT2D eigenvalue weighted by atomic mass is 10.4. The molecular formula is C11H14N6O2S2. The van der Waals surface area contributed by atoms with E-state index in [1.165, 1.54) is 32.7 Å². The van der Waals surface area contributed by atoms with Crippen LogP contribution in [0.15, 0.2) is 23.2 Å². The Balaban J connectivity index is 1.78. The van der Waals surface area contributed by atoms with Gasteiger partial charge in [0.25, 0.3) is 0 Å². The first kappa shape index (κ1) is 15.2. The van der Waals surface area contributed by atoms with Gasteiger partial charge in [0.05, 0.1) is 0 Å². The van der Waals surface area contributed by atoms with Crippen molar-refractivity contribution in [3.8, 4) is 0 Å². The second-order valence-electron chi connectivity index (χ2n) is 3.99. The van der Waals surface area contributed by atoms with Crippen molar-refractivity contribution < 1.29 is 9.59 Å². The summed E-state index contributed by atoms with van der Waals surface area (Å²) in [6, 6.07) is 0. The van der Waals surface area contributed by atoms with Crippen LogP contribution >= 0.6 is 22.7 Å². The van der Waals surface area contributed by atoms with Crippen LogP contribution in [0.4, 0.5) is 10.3 Å². The number of thiazole rings is 2. The first-order valence-electron chi connectivity index (χ1n) is 5.91. The molecule has 2 heterocycles. The normalized spacial score (nSPS) is 10.0. The summed E-state index contributed by atoms with van der Waals surface area (Å²) in [5.74, 6) is -0.838. The molecule has 0 bridgehead atoms. The zero-order valence-corrected chi connectivity index (χ0v) is 13.1. The molecule has 8 nitrogen and oxygen atoms in total. The van der Waals surface area contributed by atoms with Gasteiger partial charge in [0.2, 0.25) is 22.1 Å². The van der Waals surface area contributed by atoms with Crippen molar-refractivity contribution in [2.24, 2.45) is 0 Å². The summed E-state index contributed by atoms with van der Waals surface area (Å²) >= 11 is 2.77. The fourth-order valence-corrected chi connectivity index (χ4v) is 2.60. The third-order valence-electron chi connectivity index (χ3n) is 2.32. The first-order chi connectivity index (χ1) is 10.1. The third kappa shape index (κ3) is 4.39. The van der Waals surface area contributed by atoms with Crippen LogP contribution in [0.25, 0.3) is 0 Å². The monoisotopic (exact) mass is 326 g/mol. The van der Waals surface area contributed by atoms with Gasteiger partial charge in [-0.1, -0.05) is 0 Å². The predicted molar refractivity (Wildman–Crippen MR) is 81.9 cm³/mol. The van der Waals surface area contributed by atoms with E-state index in [0.29, 0.717) is 10.3 Å². The van der Waals surface area contributed by atoms with Crippen LogP contribution in [0, 0.1) is 0 Å². The number of nitrogens with one attached hydrogen (secondary N) is 2. The number of hydrogen-bond donors (Lipinski definition) is 2. The van der Waals surface area contributed by atoms with Gasteiger partial charge in [-0.05, 0) is 0 Å². The zero-order chi connectivity index (χ0) is 15.2. The molecule has 0 aromatic carbocycles. The summed E-state index contributed by atoms with van der Waals surface area (Å²) in [6.07, 6.45) is 2.99. The topological polar surface area (TPSA) is 90.5 Å². The van der Waals surface area contributed by atoms with Gasteiger partial charge in [-0.15, -0.1) is 22.7 Å². The number of carbonyl (C=O) groups excluding carboxylic acids is 2. The molecule has 10 heteroatoms. The number of carbonyl (C=O) groups is 2. The highest BCUT2D eigenvalue weighted by Crippen LogP contribution is 2.14. The van der Waals surface area contributed by atoms with E-state index in [2.05, 4.69) is 20.8 Å². The summed E-state index contributed by atoms with van der Waals surface area (Å²) in [5, 5.41) is 7.84. The van der Waals surface area contributed by atoms with Crippen LogP contribution < -0.4 is 20.9 Å². The number of hydrazine groups is 2. The molecule has 2 amide bonds. The van der Waals surface area contributed by atoms with Crippen LogP contribution in [0.5, 0.6) is 0 Å². The fourth-order valence-electron chi connectivity index (χ4n) is 1.46. The summed E-state index contributed by atoms with van der Waals surface area (Å²) in [6.45, 7) is 0.